The van der Waals surface area contributed by atoms with Gasteiger partial charge in [0.15, 0.2) is 5.69 Å². The average Bonchev–Trinajstić information content (AvgIpc) is 3.08. The Morgan fingerprint density at radius 1 is 1.29 bits per heavy atom. The SMILES string of the molecule is CCOC(=O)c1cnn(-c2cccc(NC(=O)CCCNC)c2)c1C(F)(F)F. The molecule has 28 heavy (non-hydrogen) atoms. The zero-order chi connectivity index (χ0) is 20.7. The van der Waals surface area contributed by atoms with Crippen LogP contribution < -0.4 is 10.6 Å². The van der Waals surface area contributed by atoms with E-state index in [0.717, 1.165) is 6.20 Å². The van der Waals surface area contributed by atoms with Gasteiger partial charge in [-0.25, -0.2) is 9.48 Å². The lowest BCUT2D eigenvalue weighted by atomic mass is 10.2. The predicted molar refractivity (Wildman–Crippen MR) is 96.3 cm³/mol. The number of nitrogens with zero attached hydrogens (tertiary/aromatic N) is 2. The van der Waals surface area contributed by atoms with Crippen LogP contribution in [0, 0.1) is 0 Å². The number of amides is 1. The number of carbonyl (C=O) groups is 2. The van der Waals surface area contributed by atoms with Gasteiger partial charge in [-0.1, -0.05) is 6.07 Å². The van der Waals surface area contributed by atoms with Crippen LogP contribution in [0.25, 0.3) is 5.69 Å². The molecule has 7 nitrogen and oxygen atoms in total. The molecule has 10 heteroatoms. The molecule has 0 spiro atoms. The fraction of sp³-hybridized carbons (Fsp3) is 0.389. The first-order valence-electron chi connectivity index (χ1n) is 8.65. The van der Waals surface area contributed by atoms with Crippen molar-refractivity contribution in [1.82, 2.24) is 15.1 Å². The Balaban J connectivity index is 2.33. The Bertz CT molecular complexity index is 834. The first kappa shape index (κ1) is 21.4. The second-order valence-corrected chi connectivity index (χ2v) is 5.84. The topological polar surface area (TPSA) is 85.2 Å². The van der Waals surface area contributed by atoms with Gasteiger partial charge in [-0.15, -0.1) is 0 Å². The Kier molecular flexibility index (Phi) is 7.16. The van der Waals surface area contributed by atoms with Crippen LogP contribution in [0.2, 0.25) is 0 Å². The number of hydrogen-bond donors (Lipinski definition) is 2. The highest BCUT2D eigenvalue weighted by molar-refractivity contribution is 5.91. The maximum absolute atomic E-state index is 13.6. The Labute approximate surface area is 159 Å². The highest BCUT2D eigenvalue weighted by atomic mass is 19.4. The first-order valence-corrected chi connectivity index (χ1v) is 8.65. The van der Waals surface area contributed by atoms with Gasteiger partial charge in [-0.05, 0) is 45.1 Å². The van der Waals surface area contributed by atoms with Crippen LogP contribution in [0.1, 0.15) is 35.8 Å². The number of aromatic nitrogens is 2. The van der Waals surface area contributed by atoms with Crippen molar-refractivity contribution < 1.29 is 27.5 Å². The average molecular weight is 398 g/mol. The van der Waals surface area contributed by atoms with Gasteiger partial charge >= 0.3 is 12.1 Å². The zero-order valence-corrected chi connectivity index (χ0v) is 15.5. The molecule has 2 rings (SSSR count). The van der Waals surface area contributed by atoms with Gasteiger partial charge in [0, 0.05) is 12.1 Å². The molecule has 152 valence electrons. The van der Waals surface area contributed by atoms with Gasteiger partial charge in [0.1, 0.15) is 5.56 Å². The van der Waals surface area contributed by atoms with Crippen LogP contribution in [0.4, 0.5) is 18.9 Å². The van der Waals surface area contributed by atoms with Crippen LogP contribution in [0.3, 0.4) is 0 Å². The maximum atomic E-state index is 13.6. The van der Waals surface area contributed by atoms with Crippen LogP contribution in [0.5, 0.6) is 0 Å². The number of carbonyl (C=O) groups excluding carboxylic acids is 2. The van der Waals surface area contributed by atoms with Crippen LogP contribution in [-0.4, -0.2) is 41.9 Å². The molecular weight excluding hydrogens is 377 g/mol. The molecule has 0 atom stereocenters. The van der Waals surface area contributed by atoms with Gasteiger partial charge in [0.25, 0.3) is 0 Å². The summed E-state index contributed by atoms with van der Waals surface area (Å²) < 4.78 is 46.0. The third-order valence-electron chi connectivity index (χ3n) is 3.74. The molecule has 1 aromatic heterocycles. The molecule has 0 fully saturated rings. The third-order valence-corrected chi connectivity index (χ3v) is 3.74. The number of anilines is 1. The van der Waals surface area contributed by atoms with E-state index in [-0.39, 0.29) is 24.6 Å². The van der Waals surface area contributed by atoms with E-state index >= 15 is 0 Å². The normalized spacial score (nSPS) is 11.3. The summed E-state index contributed by atoms with van der Waals surface area (Å²) in [5, 5.41) is 9.27. The number of hydrogen-bond acceptors (Lipinski definition) is 5. The lowest BCUT2D eigenvalue weighted by molar-refractivity contribution is -0.143. The van der Waals surface area contributed by atoms with Crippen molar-refractivity contribution >= 4 is 17.6 Å². The molecule has 0 saturated heterocycles. The lowest BCUT2D eigenvalue weighted by Gasteiger charge is -2.13. The van der Waals surface area contributed by atoms with Crippen molar-refractivity contribution in [3.63, 3.8) is 0 Å². The molecule has 0 bridgehead atoms. The van der Waals surface area contributed by atoms with Gasteiger partial charge in [-0.2, -0.15) is 18.3 Å². The minimum atomic E-state index is -4.83. The van der Waals surface area contributed by atoms with Gasteiger partial charge in [0.2, 0.25) is 5.91 Å². The number of rotatable bonds is 8. The fourth-order valence-corrected chi connectivity index (χ4v) is 2.54. The van der Waals surface area contributed by atoms with E-state index in [2.05, 4.69) is 20.5 Å². The van der Waals surface area contributed by atoms with E-state index in [1.807, 2.05) is 0 Å². The molecule has 0 aliphatic heterocycles. The molecular formula is C18H21F3N4O3. The number of esters is 1. The highest BCUT2D eigenvalue weighted by Gasteiger charge is 2.41. The molecule has 2 aromatic rings. The summed E-state index contributed by atoms with van der Waals surface area (Å²) in [7, 11) is 1.77. The summed E-state index contributed by atoms with van der Waals surface area (Å²) in [5.41, 5.74) is -1.52. The number of benzene rings is 1. The number of alkyl halides is 3. The second-order valence-electron chi connectivity index (χ2n) is 5.84. The maximum Gasteiger partial charge on any atom is 0.434 e. The molecule has 0 unspecified atom stereocenters. The van der Waals surface area contributed by atoms with Crippen molar-refractivity contribution in [3.8, 4) is 5.69 Å². The smallest absolute Gasteiger partial charge is 0.434 e. The monoisotopic (exact) mass is 398 g/mol. The molecule has 0 saturated carbocycles. The van der Waals surface area contributed by atoms with E-state index in [1.165, 1.54) is 25.1 Å². The van der Waals surface area contributed by atoms with Crippen molar-refractivity contribution in [3.05, 3.63) is 41.7 Å². The minimum Gasteiger partial charge on any atom is -0.462 e. The molecule has 0 aliphatic carbocycles. The Morgan fingerprint density at radius 3 is 2.68 bits per heavy atom. The van der Waals surface area contributed by atoms with Gasteiger partial charge in [0.05, 0.1) is 18.5 Å². The summed E-state index contributed by atoms with van der Waals surface area (Å²) >= 11 is 0. The predicted octanol–water partition coefficient (Wildman–Crippen LogP) is 3.01. The van der Waals surface area contributed by atoms with Crippen molar-refractivity contribution in [2.75, 3.05) is 25.5 Å². The fourth-order valence-electron chi connectivity index (χ4n) is 2.54. The number of ether oxygens (including phenoxy) is 1. The van der Waals surface area contributed by atoms with E-state index < -0.39 is 23.4 Å². The van der Waals surface area contributed by atoms with E-state index in [4.69, 9.17) is 0 Å². The summed E-state index contributed by atoms with van der Waals surface area (Å²) in [6.45, 7) is 2.11. The first-order chi connectivity index (χ1) is 13.3. The van der Waals surface area contributed by atoms with E-state index in [1.54, 1.807) is 13.1 Å². The zero-order valence-electron chi connectivity index (χ0n) is 15.5. The molecule has 0 radical (unpaired) electrons. The Hall–Kier alpha value is -2.88. The van der Waals surface area contributed by atoms with Gasteiger partial charge in [-0.3, -0.25) is 4.79 Å². The number of halogens is 3. The highest BCUT2D eigenvalue weighted by Crippen LogP contribution is 2.34. The van der Waals surface area contributed by atoms with E-state index in [9.17, 15) is 22.8 Å². The van der Waals surface area contributed by atoms with Gasteiger partial charge < -0.3 is 15.4 Å². The minimum absolute atomic E-state index is 0.0518. The Morgan fingerprint density at radius 2 is 2.04 bits per heavy atom. The lowest BCUT2D eigenvalue weighted by Crippen LogP contribution is -2.19. The van der Waals surface area contributed by atoms with Crippen LogP contribution in [-0.2, 0) is 15.7 Å². The van der Waals surface area contributed by atoms with Crippen LogP contribution in [0.15, 0.2) is 30.5 Å². The number of nitrogens with one attached hydrogen (secondary N) is 2. The summed E-state index contributed by atoms with van der Waals surface area (Å²) in [6, 6.07) is 5.80. The molecule has 1 aromatic carbocycles. The largest absolute Gasteiger partial charge is 0.462 e. The van der Waals surface area contributed by atoms with Crippen LogP contribution >= 0.6 is 0 Å². The molecule has 0 aliphatic rings. The second kappa shape index (κ2) is 9.36. The molecule has 1 heterocycles. The van der Waals surface area contributed by atoms with Crippen molar-refractivity contribution in [2.24, 2.45) is 0 Å². The van der Waals surface area contributed by atoms with E-state index in [0.29, 0.717) is 23.3 Å². The molecule has 2 N–H and O–H groups in total. The summed E-state index contributed by atoms with van der Waals surface area (Å²) in [6.07, 6.45) is -3.11. The summed E-state index contributed by atoms with van der Waals surface area (Å²) in [4.78, 5) is 23.8. The van der Waals surface area contributed by atoms with Crippen molar-refractivity contribution in [2.45, 2.75) is 25.9 Å². The van der Waals surface area contributed by atoms with Crippen molar-refractivity contribution in [1.29, 1.82) is 0 Å². The third kappa shape index (κ3) is 5.32. The molecule has 1 amide bonds. The standard InChI is InChI=1S/C18H21F3N4O3/c1-3-28-17(27)14-11-23-25(16(14)18(19,20)21)13-7-4-6-12(10-13)24-15(26)8-5-9-22-2/h4,6-7,10-11,22H,3,5,8-9H2,1-2H3,(H,24,26). The quantitative estimate of drug-likeness (QED) is 0.528. The summed E-state index contributed by atoms with van der Waals surface area (Å²) in [5.74, 6) is -1.36.